The van der Waals surface area contributed by atoms with Crippen LogP contribution in [-0.4, -0.2) is 49.5 Å². The van der Waals surface area contributed by atoms with Crippen LogP contribution in [0.2, 0.25) is 0 Å². The quantitative estimate of drug-likeness (QED) is 0.712. The van der Waals surface area contributed by atoms with Gasteiger partial charge in [0.1, 0.15) is 12.5 Å². The van der Waals surface area contributed by atoms with Crippen LogP contribution in [0.5, 0.6) is 0 Å². The second-order valence-corrected chi connectivity index (χ2v) is 5.54. The van der Waals surface area contributed by atoms with Crippen molar-refractivity contribution in [3.8, 4) is 17.1 Å². The summed E-state index contributed by atoms with van der Waals surface area (Å²) in [6.07, 6.45) is 4.09. The summed E-state index contributed by atoms with van der Waals surface area (Å²) in [6.45, 7) is 1.48. The number of aromatic nitrogens is 6. The van der Waals surface area contributed by atoms with Crippen LogP contribution < -0.4 is 0 Å². The molecule has 1 aliphatic heterocycles. The van der Waals surface area contributed by atoms with Crippen molar-refractivity contribution >= 4 is 0 Å². The van der Waals surface area contributed by atoms with Gasteiger partial charge in [0.25, 0.3) is 0 Å². The van der Waals surface area contributed by atoms with Crippen LogP contribution in [0.3, 0.4) is 0 Å². The Labute approximate surface area is 141 Å². The van der Waals surface area contributed by atoms with Gasteiger partial charge in [-0.25, -0.2) is 8.78 Å². The van der Waals surface area contributed by atoms with Crippen molar-refractivity contribution in [2.45, 2.75) is 19.1 Å². The Morgan fingerprint density at radius 2 is 2.20 bits per heavy atom. The second kappa shape index (κ2) is 6.65. The Morgan fingerprint density at radius 3 is 3.04 bits per heavy atom. The van der Waals surface area contributed by atoms with Crippen molar-refractivity contribution in [3.63, 3.8) is 0 Å². The van der Waals surface area contributed by atoms with Crippen LogP contribution in [0, 0.1) is 11.6 Å². The number of ether oxygens (including phenoxy) is 2. The van der Waals surface area contributed by atoms with Crippen molar-refractivity contribution in [2.75, 3.05) is 13.4 Å². The van der Waals surface area contributed by atoms with Gasteiger partial charge in [-0.2, -0.15) is 9.78 Å². The van der Waals surface area contributed by atoms with Gasteiger partial charge >= 0.3 is 0 Å². The van der Waals surface area contributed by atoms with Crippen LogP contribution >= 0.6 is 0 Å². The van der Waals surface area contributed by atoms with Gasteiger partial charge in [0, 0.05) is 6.20 Å². The van der Waals surface area contributed by atoms with E-state index in [2.05, 4.69) is 20.6 Å². The summed E-state index contributed by atoms with van der Waals surface area (Å²) in [6, 6.07) is 3.83. The summed E-state index contributed by atoms with van der Waals surface area (Å²) in [5, 5.41) is 15.5. The third-order valence-corrected chi connectivity index (χ3v) is 3.88. The predicted octanol–water partition coefficient (Wildman–Crippen LogP) is 1.57. The Bertz CT molecular complexity index is 875. The Balaban J connectivity index is 1.61. The van der Waals surface area contributed by atoms with Crippen molar-refractivity contribution in [3.05, 3.63) is 42.2 Å². The molecule has 0 amide bonds. The van der Waals surface area contributed by atoms with Gasteiger partial charge < -0.3 is 9.47 Å². The molecular weight excluding hydrogens is 334 g/mol. The van der Waals surface area contributed by atoms with E-state index in [0.717, 1.165) is 17.2 Å². The smallest absolute Gasteiger partial charge is 0.190 e. The standard InChI is InChI=1S/C15H14F2N6O2/c16-12-2-1-3-13(14(12)17)23-15(19-20-21-23)10-6-18-22(7-10)8-11-4-5-24-9-25-11/h1-3,6-7,11H,4-5,8-9H2. The molecule has 8 nitrogen and oxygen atoms in total. The molecule has 1 atom stereocenters. The average molecular weight is 348 g/mol. The van der Waals surface area contributed by atoms with Gasteiger partial charge in [0.05, 0.1) is 31.0 Å². The molecule has 1 aliphatic rings. The molecule has 0 bridgehead atoms. The normalized spacial score (nSPS) is 17.8. The molecule has 130 valence electrons. The Morgan fingerprint density at radius 1 is 1.28 bits per heavy atom. The summed E-state index contributed by atoms with van der Waals surface area (Å²) in [7, 11) is 0. The minimum absolute atomic E-state index is 0.0122. The maximum atomic E-state index is 14.0. The van der Waals surface area contributed by atoms with Gasteiger partial charge in [-0.3, -0.25) is 4.68 Å². The van der Waals surface area contributed by atoms with Crippen molar-refractivity contribution < 1.29 is 18.3 Å². The molecule has 1 aromatic carbocycles. The third kappa shape index (κ3) is 3.13. The number of benzene rings is 1. The van der Waals surface area contributed by atoms with Crippen LogP contribution in [0.4, 0.5) is 8.78 Å². The topological polar surface area (TPSA) is 79.9 Å². The highest BCUT2D eigenvalue weighted by molar-refractivity contribution is 5.55. The van der Waals surface area contributed by atoms with E-state index in [1.807, 2.05) is 0 Å². The zero-order valence-electron chi connectivity index (χ0n) is 13.0. The zero-order valence-corrected chi connectivity index (χ0v) is 13.0. The molecule has 0 N–H and O–H groups in total. The Kier molecular flexibility index (Phi) is 4.20. The summed E-state index contributed by atoms with van der Waals surface area (Å²) >= 11 is 0. The van der Waals surface area contributed by atoms with Crippen LogP contribution in [0.15, 0.2) is 30.6 Å². The lowest BCUT2D eigenvalue weighted by atomic mass is 10.2. The van der Waals surface area contributed by atoms with Crippen LogP contribution in [-0.2, 0) is 16.0 Å². The van der Waals surface area contributed by atoms with Gasteiger partial charge in [0.15, 0.2) is 17.5 Å². The first-order chi connectivity index (χ1) is 12.2. The average Bonchev–Trinajstić information content (AvgIpc) is 3.27. The minimum atomic E-state index is -1.01. The third-order valence-electron chi connectivity index (χ3n) is 3.88. The van der Waals surface area contributed by atoms with E-state index < -0.39 is 11.6 Å². The predicted molar refractivity (Wildman–Crippen MR) is 80.6 cm³/mol. The maximum Gasteiger partial charge on any atom is 0.190 e. The first-order valence-corrected chi connectivity index (χ1v) is 7.67. The van der Waals surface area contributed by atoms with Crippen LogP contribution in [0.25, 0.3) is 17.1 Å². The maximum absolute atomic E-state index is 14.0. The molecule has 3 aromatic rings. The number of tetrazole rings is 1. The van der Waals surface area contributed by atoms with Crippen molar-refractivity contribution in [1.29, 1.82) is 0 Å². The molecule has 1 unspecified atom stereocenters. The van der Waals surface area contributed by atoms with Crippen molar-refractivity contribution in [1.82, 2.24) is 30.0 Å². The number of hydrogen-bond donors (Lipinski definition) is 0. The molecule has 0 spiro atoms. The highest BCUT2D eigenvalue weighted by Gasteiger charge is 2.19. The van der Waals surface area contributed by atoms with Crippen LogP contribution in [0.1, 0.15) is 6.42 Å². The van der Waals surface area contributed by atoms with Gasteiger partial charge in [-0.1, -0.05) is 6.07 Å². The minimum Gasteiger partial charge on any atom is -0.355 e. The molecule has 1 saturated heterocycles. The second-order valence-electron chi connectivity index (χ2n) is 5.54. The van der Waals surface area contributed by atoms with Gasteiger partial charge in [0.2, 0.25) is 0 Å². The number of halogens is 2. The summed E-state index contributed by atoms with van der Waals surface area (Å²) in [4.78, 5) is 0. The molecule has 0 saturated carbocycles. The SMILES string of the molecule is Fc1cccc(-n2nnnc2-c2cnn(CC3CCOCO3)c2)c1F. The molecular formula is C15H14F2N6O2. The van der Waals surface area contributed by atoms with E-state index in [1.54, 1.807) is 17.1 Å². The first-order valence-electron chi connectivity index (χ1n) is 7.67. The van der Waals surface area contributed by atoms with Crippen molar-refractivity contribution in [2.24, 2.45) is 0 Å². The number of nitrogens with zero attached hydrogens (tertiary/aromatic N) is 6. The highest BCUT2D eigenvalue weighted by atomic mass is 19.2. The van der Waals surface area contributed by atoms with E-state index in [1.165, 1.54) is 12.1 Å². The monoisotopic (exact) mass is 348 g/mol. The first kappa shape index (κ1) is 15.8. The molecule has 10 heteroatoms. The lowest BCUT2D eigenvalue weighted by Crippen LogP contribution is -2.28. The molecule has 3 heterocycles. The Hall–Kier alpha value is -2.72. The fraction of sp³-hybridized carbons (Fsp3) is 0.333. The number of hydrogen-bond acceptors (Lipinski definition) is 6. The fourth-order valence-corrected chi connectivity index (χ4v) is 2.62. The van der Waals surface area contributed by atoms with E-state index in [0.29, 0.717) is 18.7 Å². The largest absolute Gasteiger partial charge is 0.355 e. The van der Waals surface area contributed by atoms with Gasteiger partial charge in [-0.15, -0.1) is 5.10 Å². The summed E-state index contributed by atoms with van der Waals surface area (Å²) in [5.41, 5.74) is 0.515. The van der Waals surface area contributed by atoms with E-state index in [-0.39, 0.29) is 24.4 Å². The molecule has 0 radical (unpaired) electrons. The number of rotatable bonds is 4. The fourth-order valence-electron chi connectivity index (χ4n) is 2.62. The molecule has 4 rings (SSSR count). The molecule has 0 aliphatic carbocycles. The molecule has 2 aromatic heterocycles. The lowest BCUT2D eigenvalue weighted by molar-refractivity contribution is -0.143. The molecule has 25 heavy (non-hydrogen) atoms. The summed E-state index contributed by atoms with van der Waals surface area (Å²) in [5.74, 6) is -1.71. The summed E-state index contributed by atoms with van der Waals surface area (Å²) < 4.78 is 41.0. The molecule has 1 fully saturated rings. The van der Waals surface area contributed by atoms with Gasteiger partial charge in [-0.05, 0) is 29.0 Å². The lowest BCUT2D eigenvalue weighted by Gasteiger charge is -2.22. The highest BCUT2D eigenvalue weighted by Crippen LogP contribution is 2.22. The van der Waals surface area contributed by atoms with E-state index in [4.69, 9.17) is 9.47 Å². The van der Waals surface area contributed by atoms with E-state index >= 15 is 0 Å². The van der Waals surface area contributed by atoms with E-state index in [9.17, 15) is 8.78 Å². The zero-order chi connectivity index (χ0) is 17.2.